The van der Waals surface area contributed by atoms with E-state index < -0.39 is 0 Å². The molecule has 0 aromatic carbocycles. The second-order valence-electron chi connectivity index (χ2n) is 3.42. The van der Waals surface area contributed by atoms with Crippen molar-refractivity contribution >= 4 is 5.91 Å². The minimum absolute atomic E-state index is 0.193. The molecule has 84 valence electrons. The molecule has 0 spiro atoms. The number of carbonyl (C=O) groups is 1. The Morgan fingerprint density at radius 1 is 1.40 bits per heavy atom. The molecule has 0 atom stereocenters. The van der Waals surface area contributed by atoms with Gasteiger partial charge in [-0.25, -0.2) is 4.98 Å². The van der Waals surface area contributed by atoms with Crippen LogP contribution >= 0.6 is 0 Å². The minimum atomic E-state index is -0.193. The summed E-state index contributed by atoms with van der Waals surface area (Å²) in [5.74, 6) is 0.791. The Kier molecular flexibility index (Phi) is 4.80. The number of aromatic nitrogens is 3. The molecule has 0 saturated carbocycles. The summed E-state index contributed by atoms with van der Waals surface area (Å²) in [5.41, 5.74) is 0. The first-order valence-electron chi connectivity index (χ1n) is 5.47. The molecular formula is C10H18N4O. The summed E-state index contributed by atoms with van der Waals surface area (Å²) in [6.07, 6.45) is 4.05. The molecular weight excluding hydrogens is 192 g/mol. The topological polar surface area (TPSA) is 70.7 Å². The molecule has 5 nitrogen and oxygen atoms in total. The molecule has 0 aliphatic rings. The van der Waals surface area contributed by atoms with Crippen molar-refractivity contribution in [2.24, 2.45) is 0 Å². The van der Waals surface area contributed by atoms with Crippen molar-refractivity contribution in [3.8, 4) is 0 Å². The Labute approximate surface area is 89.7 Å². The van der Waals surface area contributed by atoms with Crippen LogP contribution in [-0.2, 0) is 6.42 Å². The number of aromatic amines is 1. The van der Waals surface area contributed by atoms with Crippen molar-refractivity contribution in [3.05, 3.63) is 11.6 Å². The average Bonchev–Trinajstić information content (AvgIpc) is 2.72. The van der Waals surface area contributed by atoms with Gasteiger partial charge in [0.15, 0.2) is 0 Å². The van der Waals surface area contributed by atoms with E-state index in [2.05, 4.69) is 27.4 Å². The Morgan fingerprint density at radius 3 is 2.80 bits per heavy atom. The summed E-state index contributed by atoms with van der Waals surface area (Å²) in [5, 5.41) is 9.34. The normalized spacial score (nSPS) is 10.3. The predicted octanol–water partition coefficient (Wildman–Crippen LogP) is 1.29. The molecule has 0 unspecified atom stereocenters. The SMILES string of the molecule is CCCCCNC(=O)c1n[nH]c(CC)n1. The molecule has 1 heterocycles. The van der Waals surface area contributed by atoms with Gasteiger partial charge in [0.2, 0.25) is 5.82 Å². The summed E-state index contributed by atoms with van der Waals surface area (Å²) < 4.78 is 0. The van der Waals surface area contributed by atoms with Gasteiger partial charge in [0.1, 0.15) is 5.82 Å². The molecule has 0 saturated heterocycles. The lowest BCUT2D eigenvalue weighted by Crippen LogP contribution is -2.25. The summed E-state index contributed by atoms with van der Waals surface area (Å²) in [7, 11) is 0. The van der Waals surface area contributed by atoms with Crippen molar-refractivity contribution in [2.45, 2.75) is 39.5 Å². The first-order chi connectivity index (χ1) is 7.27. The number of amides is 1. The molecule has 5 heteroatoms. The molecule has 0 fully saturated rings. The number of rotatable bonds is 6. The van der Waals surface area contributed by atoms with Crippen molar-refractivity contribution < 1.29 is 4.79 Å². The lowest BCUT2D eigenvalue weighted by atomic mass is 10.2. The van der Waals surface area contributed by atoms with Crippen LogP contribution in [0.15, 0.2) is 0 Å². The van der Waals surface area contributed by atoms with Crippen molar-refractivity contribution in [2.75, 3.05) is 6.54 Å². The third-order valence-corrected chi connectivity index (χ3v) is 2.14. The van der Waals surface area contributed by atoms with Crippen molar-refractivity contribution in [1.29, 1.82) is 0 Å². The van der Waals surface area contributed by atoms with Crippen LogP contribution in [0.4, 0.5) is 0 Å². The maximum atomic E-state index is 11.5. The fourth-order valence-corrected chi connectivity index (χ4v) is 1.21. The third kappa shape index (κ3) is 3.69. The molecule has 0 bridgehead atoms. The van der Waals surface area contributed by atoms with Crippen LogP contribution < -0.4 is 5.32 Å². The van der Waals surface area contributed by atoms with Crippen LogP contribution in [0.3, 0.4) is 0 Å². The summed E-state index contributed by atoms with van der Waals surface area (Å²) in [4.78, 5) is 15.5. The zero-order valence-electron chi connectivity index (χ0n) is 9.34. The van der Waals surface area contributed by atoms with Crippen LogP contribution in [0.25, 0.3) is 0 Å². The van der Waals surface area contributed by atoms with Gasteiger partial charge in [-0.1, -0.05) is 26.7 Å². The van der Waals surface area contributed by atoms with E-state index >= 15 is 0 Å². The quantitative estimate of drug-likeness (QED) is 0.695. The number of carbonyl (C=O) groups excluding carboxylic acids is 1. The second-order valence-corrected chi connectivity index (χ2v) is 3.42. The molecule has 1 aromatic rings. The summed E-state index contributed by atoms with van der Waals surface area (Å²) in [6.45, 7) is 4.79. The number of H-pyrrole nitrogens is 1. The van der Waals surface area contributed by atoms with Gasteiger partial charge >= 0.3 is 0 Å². The van der Waals surface area contributed by atoms with Gasteiger partial charge in [-0.3, -0.25) is 9.89 Å². The van der Waals surface area contributed by atoms with Gasteiger partial charge < -0.3 is 5.32 Å². The average molecular weight is 210 g/mol. The zero-order chi connectivity index (χ0) is 11.1. The summed E-state index contributed by atoms with van der Waals surface area (Å²) in [6, 6.07) is 0. The van der Waals surface area contributed by atoms with E-state index in [0.717, 1.165) is 31.5 Å². The van der Waals surface area contributed by atoms with E-state index in [4.69, 9.17) is 0 Å². The first-order valence-corrected chi connectivity index (χ1v) is 5.47. The lowest BCUT2D eigenvalue weighted by Gasteiger charge is -2.00. The van der Waals surface area contributed by atoms with Gasteiger partial charge in [-0.2, -0.15) is 0 Å². The number of nitrogens with zero attached hydrogens (tertiary/aromatic N) is 2. The highest BCUT2D eigenvalue weighted by Gasteiger charge is 2.10. The molecule has 0 radical (unpaired) electrons. The van der Waals surface area contributed by atoms with Crippen LogP contribution in [0.2, 0.25) is 0 Å². The third-order valence-electron chi connectivity index (χ3n) is 2.14. The Bertz CT molecular complexity index is 308. The smallest absolute Gasteiger partial charge is 0.290 e. The predicted molar refractivity (Wildman–Crippen MR) is 57.6 cm³/mol. The highest BCUT2D eigenvalue weighted by molar-refractivity contribution is 5.90. The van der Waals surface area contributed by atoms with E-state index in [9.17, 15) is 4.79 Å². The maximum absolute atomic E-state index is 11.5. The van der Waals surface area contributed by atoms with E-state index in [1.807, 2.05) is 6.92 Å². The zero-order valence-corrected chi connectivity index (χ0v) is 9.34. The van der Waals surface area contributed by atoms with Gasteiger partial charge in [0.25, 0.3) is 5.91 Å². The molecule has 1 rings (SSSR count). The summed E-state index contributed by atoms with van der Waals surface area (Å²) >= 11 is 0. The molecule has 0 aliphatic heterocycles. The first kappa shape index (κ1) is 11.7. The number of nitrogens with one attached hydrogen (secondary N) is 2. The molecule has 1 aromatic heterocycles. The second kappa shape index (κ2) is 6.16. The van der Waals surface area contributed by atoms with Gasteiger partial charge in [-0.05, 0) is 6.42 Å². The van der Waals surface area contributed by atoms with Gasteiger partial charge in [0.05, 0.1) is 0 Å². The monoisotopic (exact) mass is 210 g/mol. The van der Waals surface area contributed by atoms with E-state index in [1.165, 1.54) is 0 Å². The molecule has 2 N–H and O–H groups in total. The number of aryl methyl sites for hydroxylation is 1. The fourth-order valence-electron chi connectivity index (χ4n) is 1.21. The van der Waals surface area contributed by atoms with E-state index in [-0.39, 0.29) is 11.7 Å². The Balaban J connectivity index is 2.33. The highest BCUT2D eigenvalue weighted by Crippen LogP contribution is 1.95. The Hall–Kier alpha value is -1.39. The molecule has 1 amide bonds. The van der Waals surface area contributed by atoms with Crippen molar-refractivity contribution in [1.82, 2.24) is 20.5 Å². The number of hydrogen-bond acceptors (Lipinski definition) is 3. The van der Waals surface area contributed by atoms with Crippen LogP contribution in [0, 0.1) is 0 Å². The van der Waals surface area contributed by atoms with Crippen LogP contribution in [0.5, 0.6) is 0 Å². The highest BCUT2D eigenvalue weighted by atomic mass is 16.2. The van der Waals surface area contributed by atoms with E-state index in [0.29, 0.717) is 6.54 Å². The van der Waals surface area contributed by atoms with Crippen molar-refractivity contribution in [3.63, 3.8) is 0 Å². The molecule has 0 aliphatic carbocycles. The molecule has 15 heavy (non-hydrogen) atoms. The number of unbranched alkanes of at least 4 members (excludes halogenated alkanes) is 2. The Morgan fingerprint density at radius 2 is 2.20 bits per heavy atom. The van der Waals surface area contributed by atoms with Crippen LogP contribution in [-0.4, -0.2) is 27.6 Å². The maximum Gasteiger partial charge on any atom is 0.290 e. The lowest BCUT2D eigenvalue weighted by molar-refractivity contribution is 0.0943. The van der Waals surface area contributed by atoms with Crippen LogP contribution in [0.1, 0.15) is 49.6 Å². The largest absolute Gasteiger partial charge is 0.349 e. The standard InChI is InChI=1S/C10H18N4O/c1-3-5-6-7-11-10(15)9-12-8(4-2)13-14-9/h3-7H2,1-2H3,(H,11,15)(H,12,13,14). The van der Waals surface area contributed by atoms with Gasteiger partial charge in [0, 0.05) is 13.0 Å². The minimum Gasteiger partial charge on any atom is -0.349 e. The fraction of sp³-hybridized carbons (Fsp3) is 0.700. The van der Waals surface area contributed by atoms with E-state index in [1.54, 1.807) is 0 Å². The number of hydrogen-bond donors (Lipinski definition) is 2. The van der Waals surface area contributed by atoms with Gasteiger partial charge in [-0.15, -0.1) is 5.10 Å².